The van der Waals surface area contributed by atoms with Gasteiger partial charge in [-0.25, -0.2) is 9.97 Å². The average Bonchev–Trinajstić information content (AvgIpc) is 2.15. The minimum absolute atomic E-state index is 0.329. The van der Waals surface area contributed by atoms with E-state index in [0.717, 1.165) is 24.5 Å². The van der Waals surface area contributed by atoms with Gasteiger partial charge in [-0.1, -0.05) is 0 Å². The Bertz CT molecular complexity index is 328. The molecule has 0 spiro atoms. The van der Waals surface area contributed by atoms with E-state index in [1.807, 2.05) is 13.0 Å². The van der Waals surface area contributed by atoms with Gasteiger partial charge in [0.15, 0.2) is 0 Å². The second-order valence-electron chi connectivity index (χ2n) is 3.29. The SMILES string of the molecule is C#CCC(C)NCc1ccnc(C)n1. The molecule has 0 aliphatic heterocycles. The Morgan fingerprint density at radius 3 is 3.07 bits per heavy atom. The monoisotopic (exact) mass is 189 g/mol. The van der Waals surface area contributed by atoms with Gasteiger partial charge in [-0.3, -0.25) is 0 Å². The molecule has 0 saturated heterocycles. The highest BCUT2D eigenvalue weighted by Gasteiger charge is 2.00. The van der Waals surface area contributed by atoms with Gasteiger partial charge in [-0.05, 0) is 19.9 Å². The molecule has 1 N–H and O–H groups in total. The lowest BCUT2D eigenvalue weighted by atomic mass is 10.2. The van der Waals surface area contributed by atoms with Crippen LogP contribution in [0.4, 0.5) is 0 Å². The maximum atomic E-state index is 5.21. The topological polar surface area (TPSA) is 37.8 Å². The van der Waals surface area contributed by atoms with Gasteiger partial charge >= 0.3 is 0 Å². The number of rotatable bonds is 4. The number of terminal acetylenes is 1. The molecular weight excluding hydrogens is 174 g/mol. The van der Waals surface area contributed by atoms with Crippen LogP contribution in [0.25, 0.3) is 0 Å². The van der Waals surface area contributed by atoms with Crippen LogP contribution in [0.5, 0.6) is 0 Å². The molecule has 1 atom stereocenters. The third-order valence-electron chi connectivity index (χ3n) is 1.89. The molecule has 0 aliphatic carbocycles. The van der Waals surface area contributed by atoms with E-state index in [9.17, 15) is 0 Å². The van der Waals surface area contributed by atoms with Gasteiger partial charge in [-0.15, -0.1) is 12.3 Å². The van der Waals surface area contributed by atoms with Gasteiger partial charge in [0.05, 0.1) is 5.69 Å². The lowest BCUT2D eigenvalue weighted by molar-refractivity contribution is 0.552. The molecule has 14 heavy (non-hydrogen) atoms. The molecule has 0 fully saturated rings. The van der Waals surface area contributed by atoms with E-state index in [0.29, 0.717) is 6.04 Å². The number of nitrogens with one attached hydrogen (secondary N) is 1. The van der Waals surface area contributed by atoms with Crippen LogP contribution < -0.4 is 5.32 Å². The summed E-state index contributed by atoms with van der Waals surface area (Å²) in [5, 5.41) is 3.29. The minimum atomic E-state index is 0.329. The zero-order valence-corrected chi connectivity index (χ0v) is 8.62. The molecule has 3 heteroatoms. The molecule has 0 radical (unpaired) electrons. The molecule has 0 aliphatic rings. The van der Waals surface area contributed by atoms with Crippen molar-refractivity contribution in [2.24, 2.45) is 0 Å². The first-order chi connectivity index (χ1) is 6.72. The number of hydrogen-bond acceptors (Lipinski definition) is 3. The van der Waals surface area contributed by atoms with Crippen molar-refractivity contribution in [3.8, 4) is 12.3 Å². The Hall–Kier alpha value is -1.40. The highest BCUT2D eigenvalue weighted by molar-refractivity contribution is 5.01. The van der Waals surface area contributed by atoms with Gasteiger partial charge in [-0.2, -0.15) is 0 Å². The largest absolute Gasteiger partial charge is 0.308 e. The summed E-state index contributed by atoms with van der Waals surface area (Å²) in [5.41, 5.74) is 1.00. The molecule has 0 saturated carbocycles. The predicted octanol–water partition coefficient (Wildman–Crippen LogP) is 1.29. The quantitative estimate of drug-likeness (QED) is 0.725. The van der Waals surface area contributed by atoms with Crippen molar-refractivity contribution in [2.75, 3.05) is 0 Å². The molecule has 1 rings (SSSR count). The highest BCUT2D eigenvalue weighted by atomic mass is 14.9. The summed E-state index contributed by atoms with van der Waals surface area (Å²) in [6.45, 7) is 4.69. The molecule has 0 aromatic carbocycles. The first-order valence-electron chi connectivity index (χ1n) is 4.67. The standard InChI is InChI=1S/C11H15N3/c1-4-5-9(2)13-8-11-6-7-12-10(3)14-11/h1,6-7,9,13H,5,8H2,2-3H3. The summed E-state index contributed by atoms with van der Waals surface area (Å²) < 4.78 is 0. The van der Waals surface area contributed by atoms with Crippen molar-refractivity contribution < 1.29 is 0 Å². The van der Waals surface area contributed by atoms with Gasteiger partial charge in [0, 0.05) is 25.2 Å². The first kappa shape index (κ1) is 10.7. The summed E-state index contributed by atoms with van der Waals surface area (Å²) in [4.78, 5) is 8.31. The van der Waals surface area contributed by atoms with Crippen LogP contribution in [0.1, 0.15) is 24.9 Å². The number of hydrogen-bond donors (Lipinski definition) is 1. The van der Waals surface area contributed by atoms with Crippen LogP contribution in [0, 0.1) is 19.3 Å². The summed E-state index contributed by atoms with van der Waals surface area (Å²) in [6, 6.07) is 2.23. The normalized spacial score (nSPS) is 12.1. The average molecular weight is 189 g/mol. The third kappa shape index (κ3) is 3.55. The zero-order valence-electron chi connectivity index (χ0n) is 8.62. The van der Waals surface area contributed by atoms with Crippen molar-refractivity contribution >= 4 is 0 Å². The zero-order chi connectivity index (χ0) is 10.4. The van der Waals surface area contributed by atoms with Crippen LogP contribution in [0.2, 0.25) is 0 Å². The van der Waals surface area contributed by atoms with E-state index >= 15 is 0 Å². The minimum Gasteiger partial charge on any atom is -0.308 e. The fourth-order valence-electron chi connectivity index (χ4n) is 1.13. The molecule has 0 amide bonds. The molecule has 1 aromatic rings. The lowest BCUT2D eigenvalue weighted by Crippen LogP contribution is -2.25. The van der Waals surface area contributed by atoms with Crippen molar-refractivity contribution in [3.63, 3.8) is 0 Å². The third-order valence-corrected chi connectivity index (χ3v) is 1.89. The van der Waals surface area contributed by atoms with E-state index in [1.54, 1.807) is 6.20 Å². The van der Waals surface area contributed by atoms with E-state index in [2.05, 4.69) is 28.1 Å². The fraction of sp³-hybridized carbons (Fsp3) is 0.455. The smallest absolute Gasteiger partial charge is 0.125 e. The molecule has 3 nitrogen and oxygen atoms in total. The molecular formula is C11H15N3. The maximum Gasteiger partial charge on any atom is 0.125 e. The Morgan fingerprint density at radius 2 is 2.43 bits per heavy atom. The molecule has 1 unspecified atom stereocenters. The van der Waals surface area contributed by atoms with Crippen molar-refractivity contribution in [2.45, 2.75) is 32.9 Å². The molecule has 1 heterocycles. The Morgan fingerprint density at radius 1 is 1.64 bits per heavy atom. The Labute approximate surface area is 85.0 Å². The first-order valence-corrected chi connectivity index (χ1v) is 4.67. The van der Waals surface area contributed by atoms with Crippen LogP contribution >= 0.6 is 0 Å². The fourth-order valence-corrected chi connectivity index (χ4v) is 1.13. The van der Waals surface area contributed by atoms with Gasteiger partial charge < -0.3 is 5.32 Å². The Kier molecular flexibility index (Phi) is 4.09. The second kappa shape index (κ2) is 5.36. The van der Waals surface area contributed by atoms with Crippen molar-refractivity contribution in [3.05, 3.63) is 23.8 Å². The van der Waals surface area contributed by atoms with Crippen LogP contribution in [0.15, 0.2) is 12.3 Å². The van der Waals surface area contributed by atoms with E-state index in [-0.39, 0.29) is 0 Å². The molecule has 0 bridgehead atoms. The second-order valence-corrected chi connectivity index (χ2v) is 3.29. The molecule has 1 aromatic heterocycles. The van der Waals surface area contributed by atoms with Gasteiger partial charge in [0.1, 0.15) is 5.82 Å². The summed E-state index contributed by atoms with van der Waals surface area (Å²) in [7, 11) is 0. The van der Waals surface area contributed by atoms with Crippen LogP contribution in [0.3, 0.4) is 0 Å². The summed E-state index contributed by atoms with van der Waals surface area (Å²) in [6.07, 6.45) is 7.72. The highest BCUT2D eigenvalue weighted by Crippen LogP contribution is 1.96. The van der Waals surface area contributed by atoms with Gasteiger partial charge in [0.2, 0.25) is 0 Å². The number of nitrogens with zero attached hydrogens (tertiary/aromatic N) is 2. The van der Waals surface area contributed by atoms with E-state index in [1.165, 1.54) is 0 Å². The summed E-state index contributed by atoms with van der Waals surface area (Å²) in [5.74, 6) is 3.42. The maximum absolute atomic E-state index is 5.21. The van der Waals surface area contributed by atoms with Crippen LogP contribution in [-0.2, 0) is 6.54 Å². The van der Waals surface area contributed by atoms with Crippen LogP contribution in [-0.4, -0.2) is 16.0 Å². The van der Waals surface area contributed by atoms with E-state index < -0.39 is 0 Å². The number of aryl methyl sites for hydroxylation is 1. The molecule has 74 valence electrons. The number of aromatic nitrogens is 2. The van der Waals surface area contributed by atoms with Crippen molar-refractivity contribution in [1.29, 1.82) is 0 Å². The predicted molar refractivity (Wildman–Crippen MR) is 56.5 cm³/mol. The summed E-state index contributed by atoms with van der Waals surface area (Å²) >= 11 is 0. The lowest BCUT2D eigenvalue weighted by Gasteiger charge is -2.09. The van der Waals surface area contributed by atoms with Crippen molar-refractivity contribution in [1.82, 2.24) is 15.3 Å². The Balaban J connectivity index is 2.42. The van der Waals surface area contributed by atoms with Gasteiger partial charge in [0.25, 0.3) is 0 Å². The van der Waals surface area contributed by atoms with E-state index in [4.69, 9.17) is 6.42 Å².